The summed E-state index contributed by atoms with van der Waals surface area (Å²) in [7, 11) is 0. The summed E-state index contributed by atoms with van der Waals surface area (Å²) < 4.78 is 0. The second kappa shape index (κ2) is 8.05. The van der Waals surface area contributed by atoms with Gasteiger partial charge in [-0.1, -0.05) is 18.2 Å². The number of nitrogens with zero attached hydrogens (tertiary/aromatic N) is 1. The van der Waals surface area contributed by atoms with Gasteiger partial charge in [-0.25, -0.2) is 9.78 Å². The molecule has 0 radical (unpaired) electrons. The number of aromatic amines is 1. The van der Waals surface area contributed by atoms with E-state index in [1.807, 2.05) is 43.3 Å². The minimum Gasteiger partial charge on any atom is -0.356 e. The Bertz CT molecular complexity index is 1040. The van der Waals surface area contributed by atoms with E-state index in [9.17, 15) is 9.59 Å². The SMILES string of the molecule is CCNC(=O)Nc1cc(-c2[nH]c3c(c2Nc2ccccc2)C(=O)NCC3)ccn1. The molecule has 148 valence electrons. The summed E-state index contributed by atoms with van der Waals surface area (Å²) in [4.78, 5) is 32.0. The highest BCUT2D eigenvalue weighted by Gasteiger charge is 2.27. The van der Waals surface area contributed by atoms with Crippen molar-refractivity contribution in [3.05, 3.63) is 59.9 Å². The Morgan fingerprint density at radius 2 is 2.03 bits per heavy atom. The Labute approximate surface area is 168 Å². The van der Waals surface area contributed by atoms with Crippen LogP contribution in [0.25, 0.3) is 11.3 Å². The lowest BCUT2D eigenvalue weighted by Crippen LogP contribution is -2.31. The number of fused-ring (bicyclic) bond motifs is 1. The molecule has 0 saturated carbocycles. The molecule has 0 bridgehead atoms. The Morgan fingerprint density at radius 1 is 1.21 bits per heavy atom. The second-order valence-corrected chi connectivity index (χ2v) is 6.64. The zero-order valence-electron chi connectivity index (χ0n) is 16.0. The van der Waals surface area contributed by atoms with E-state index in [4.69, 9.17) is 0 Å². The molecule has 3 amide bonds. The highest BCUT2D eigenvalue weighted by Crippen LogP contribution is 2.37. The molecule has 5 N–H and O–H groups in total. The number of hydrogen-bond donors (Lipinski definition) is 5. The van der Waals surface area contributed by atoms with Crippen LogP contribution in [0.3, 0.4) is 0 Å². The van der Waals surface area contributed by atoms with Crippen LogP contribution in [0.15, 0.2) is 48.7 Å². The van der Waals surface area contributed by atoms with E-state index in [0.29, 0.717) is 30.2 Å². The number of rotatable bonds is 5. The molecular formula is C21H22N6O2. The van der Waals surface area contributed by atoms with Gasteiger partial charge in [-0.2, -0.15) is 0 Å². The molecule has 1 aliphatic rings. The van der Waals surface area contributed by atoms with E-state index >= 15 is 0 Å². The first-order valence-corrected chi connectivity index (χ1v) is 9.52. The van der Waals surface area contributed by atoms with Gasteiger partial charge in [0, 0.05) is 42.7 Å². The molecule has 0 saturated heterocycles. The van der Waals surface area contributed by atoms with Crippen LogP contribution < -0.4 is 21.3 Å². The first-order chi connectivity index (χ1) is 14.2. The number of para-hydroxylation sites is 1. The van der Waals surface area contributed by atoms with Gasteiger partial charge in [0.15, 0.2) is 0 Å². The monoisotopic (exact) mass is 390 g/mol. The van der Waals surface area contributed by atoms with Gasteiger partial charge in [0.25, 0.3) is 5.91 Å². The molecule has 3 aromatic rings. The number of nitrogens with one attached hydrogen (secondary N) is 5. The molecule has 29 heavy (non-hydrogen) atoms. The van der Waals surface area contributed by atoms with Crippen molar-refractivity contribution in [2.45, 2.75) is 13.3 Å². The highest BCUT2D eigenvalue weighted by atomic mass is 16.2. The standard InChI is InChI=1S/C21H22N6O2/c1-2-22-21(29)27-16-12-13(8-10-23-16)18-19(25-14-6-4-3-5-7-14)17-15(26-18)9-11-24-20(17)28/h3-8,10,12,25-26H,2,9,11H2,1H3,(H,24,28)(H2,22,23,27,29). The Kier molecular flexibility index (Phi) is 5.15. The Balaban J connectivity index is 1.75. The fraction of sp³-hybridized carbons (Fsp3) is 0.190. The average Bonchev–Trinajstić information content (AvgIpc) is 3.09. The van der Waals surface area contributed by atoms with Crippen LogP contribution in [0.2, 0.25) is 0 Å². The second-order valence-electron chi connectivity index (χ2n) is 6.64. The number of carbonyl (C=O) groups is 2. The number of urea groups is 1. The summed E-state index contributed by atoms with van der Waals surface area (Å²) in [6, 6.07) is 13.0. The number of amides is 3. The van der Waals surface area contributed by atoms with Gasteiger partial charge in [0.1, 0.15) is 5.82 Å². The van der Waals surface area contributed by atoms with Crippen molar-refractivity contribution in [2.75, 3.05) is 23.7 Å². The van der Waals surface area contributed by atoms with Crippen LogP contribution in [-0.2, 0) is 6.42 Å². The summed E-state index contributed by atoms with van der Waals surface area (Å²) in [6.07, 6.45) is 2.35. The smallest absolute Gasteiger partial charge is 0.320 e. The van der Waals surface area contributed by atoms with E-state index < -0.39 is 0 Å². The molecule has 8 heteroatoms. The van der Waals surface area contributed by atoms with Crippen molar-refractivity contribution in [1.29, 1.82) is 0 Å². The molecule has 0 fully saturated rings. The number of anilines is 3. The predicted molar refractivity (Wildman–Crippen MR) is 112 cm³/mol. The highest BCUT2D eigenvalue weighted by molar-refractivity contribution is 6.06. The molecule has 0 unspecified atom stereocenters. The quantitative estimate of drug-likeness (QED) is 0.460. The van der Waals surface area contributed by atoms with Gasteiger partial charge in [-0.05, 0) is 31.2 Å². The molecule has 4 rings (SSSR count). The Hall–Kier alpha value is -3.81. The molecule has 0 atom stereocenters. The fourth-order valence-electron chi connectivity index (χ4n) is 3.36. The molecule has 0 aliphatic carbocycles. The van der Waals surface area contributed by atoms with Crippen molar-refractivity contribution in [3.63, 3.8) is 0 Å². The molecular weight excluding hydrogens is 368 g/mol. The molecule has 1 aliphatic heterocycles. The van der Waals surface area contributed by atoms with Crippen LogP contribution in [0, 0.1) is 0 Å². The van der Waals surface area contributed by atoms with Crippen molar-refractivity contribution in [2.24, 2.45) is 0 Å². The lowest BCUT2D eigenvalue weighted by atomic mass is 10.1. The molecule has 1 aromatic carbocycles. The van der Waals surface area contributed by atoms with Crippen LogP contribution >= 0.6 is 0 Å². The maximum absolute atomic E-state index is 12.6. The summed E-state index contributed by atoms with van der Waals surface area (Å²) >= 11 is 0. The lowest BCUT2D eigenvalue weighted by molar-refractivity contribution is 0.0947. The number of hydrogen-bond acceptors (Lipinski definition) is 4. The summed E-state index contributed by atoms with van der Waals surface area (Å²) in [6.45, 7) is 2.96. The Morgan fingerprint density at radius 3 is 2.83 bits per heavy atom. The average molecular weight is 390 g/mol. The summed E-state index contributed by atoms with van der Waals surface area (Å²) in [5.74, 6) is 0.318. The molecule has 2 aromatic heterocycles. The third kappa shape index (κ3) is 3.91. The lowest BCUT2D eigenvalue weighted by Gasteiger charge is -2.15. The zero-order valence-corrected chi connectivity index (χ0v) is 16.0. The third-order valence-electron chi connectivity index (χ3n) is 4.64. The maximum Gasteiger partial charge on any atom is 0.320 e. The predicted octanol–water partition coefficient (Wildman–Crippen LogP) is 3.25. The first-order valence-electron chi connectivity index (χ1n) is 9.52. The number of H-pyrrole nitrogens is 1. The van der Waals surface area contributed by atoms with E-state index in [2.05, 4.69) is 31.2 Å². The van der Waals surface area contributed by atoms with E-state index in [1.54, 1.807) is 12.3 Å². The van der Waals surface area contributed by atoms with Gasteiger partial charge >= 0.3 is 6.03 Å². The maximum atomic E-state index is 12.6. The van der Waals surface area contributed by atoms with Gasteiger partial charge in [-0.15, -0.1) is 0 Å². The summed E-state index contributed by atoms with van der Waals surface area (Å²) in [5, 5.41) is 11.7. The normalized spacial score (nSPS) is 12.7. The zero-order chi connectivity index (χ0) is 20.2. The minimum absolute atomic E-state index is 0.109. The van der Waals surface area contributed by atoms with Crippen LogP contribution in [0.5, 0.6) is 0 Å². The van der Waals surface area contributed by atoms with E-state index in [-0.39, 0.29) is 11.9 Å². The molecule has 3 heterocycles. The van der Waals surface area contributed by atoms with Crippen molar-refractivity contribution < 1.29 is 9.59 Å². The number of benzene rings is 1. The van der Waals surface area contributed by atoms with Crippen molar-refractivity contribution in [3.8, 4) is 11.3 Å². The van der Waals surface area contributed by atoms with Crippen LogP contribution in [0.4, 0.5) is 22.0 Å². The van der Waals surface area contributed by atoms with Crippen LogP contribution in [-0.4, -0.2) is 35.0 Å². The first kappa shape index (κ1) is 18.5. The van der Waals surface area contributed by atoms with Crippen LogP contribution in [0.1, 0.15) is 23.0 Å². The van der Waals surface area contributed by atoms with Gasteiger partial charge in [-0.3, -0.25) is 10.1 Å². The van der Waals surface area contributed by atoms with Gasteiger partial charge < -0.3 is 20.9 Å². The minimum atomic E-state index is -0.315. The van der Waals surface area contributed by atoms with E-state index in [0.717, 1.165) is 29.1 Å². The van der Waals surface area contributed by atoms with Crippen molar-refractivity contribution >= 4 is 29.1 Å². The van der Waals surface area contributed by atoms with Gasteiger partial charge in [0.05, 0.1) is 16.9 Å². The topological polar surface area (TPSA) is 111 Å². The number of aromatic nitrogens is 2. The molecule has 0 spiro atoms. The largest absolute Gasteiger partial charge is 0.356 e. The van der Waals surface area contributed by atoms with E-state index in [1.165, 1.54) is 0 Å². The number of carbonyl (C=O) groups excluding carboxylic acids is 2. The van der Waals surface area contributed by atoms with Crippen molar-refractivity contribution in [1.82, 2.24) is 20.6 Å². The van der Waals surface area contributed by atoms with Gasteiger partial charge in [0.2, 0.25) is 0 Å². The molecule has 8 nitrogen and oxygen atoms in total. The third-order valence-corrected chi connectivity index (χ3v) is 4.64. The summed E-state index contributed by atoms with van der Waals surface area (Å²) in [5.41, 5.74) is 4.68. The fourth-order valence-corrected chi connectivity index (χ4v) is 3.36. The number of pyridine rings is 1.